The summed E-state index contributed by atoms with van der Waals surface area (Å²) in [5, 5.41) is 1.88. The minimum atomic E-state index is 0.623. The van der Waals surface area contributed by atoms with Crippen molar-refractivity contribution in [1.29, 1.82) is 0 Å². The van der Waals surface area contributed by atoms with Gasteiger partial charge in [0, 0.05) is 21.4 Å². The first-order chi connectivity index (χ1) is 7.27. The number of methoxy groups -OCH3 is 1. The summed E-state index contributed by atoms with van der Waals surface area (Å²) >= 11 is 3.46. The highest BCUT2D eigenvalue weighted by Gasteiger charge is 2.09. The Morgan fingerprint density at radius 1 is 1.40 bits per heavy atom. The number of aromatic nitrogens is 1. The van der Waals surface area contributed by atoms with Crippen LogP contribution in [0.25, 0.3) is 10.8 Å². The molecule has 0 amide bonds. The summed E-state index contributed by atoms with van der Waals surface area (Å²) in [6, 6.07) is 5.69. The molecule has 15 heavy (non-hydrogen) atoms. The van der Waals surface area contributed by atoms with E-state index >= 15 is 0 Å². The summed E-state index contributed by atoms with van der Waals surface area (Å²) in [5.41, 5.74) is 2.57. The normalized spacial score (nSPS) is 10.3. The minimum Gasteiger partial charge on any atom is -0.496 e. The Labute approximate surface area is 95.5 Å². The first-order valence-electron chi connectivity index (χ1n) is 4.35. The van der Waals surface area contributed by atoms with E-state index in [4.69, 9.17) is 10.6 Å². The van der Waals surface area contributed by atoms with E-state index in [2.05, 4.69) is 26.3 Å². The molecule has 2 aromatic rings. The Morgan fingerprint density at radius 2 is 2.20 bits per heavy atom. The van der Waals surface area contributed by atoms with Gasteiger partial charge in [-0.25, -0.2) is 10.8 Å². The third-order valence-electron chi connectivity index (χ3n) is 2.19. The van der Waals surface area contributed by atoms with Crippen LogP contribution in [-0.4, -0.2) is 12.1 Å². The Kier molecular flexibility index (Phi) is 2.75. The van der Waals surface area contributed by atoms with Crippen LogP contribution in [0.1, 0.15) is 0 Å². The van der Waals surface area contributed by atoms with E-state index < -0.39 is 0 Å². The van der Waals surface area contributed by atoms with Crippen molar-refractivity contribution >= 4 is 32.5 Å². The molecule has 3 N–H and O–H groups in total. The molecule has 0 saturated carbocycles. The molecule has 0 unspecified atom stereocenters. The highest BCUT2D eigenvalue weighted by Crippen LogP contribution is 2.34. The van der Waals surface area contributed by atoms with Crippen molar-refractivity contribution in [3.63, 3.8) is 0 Å². The summed E-state index contributed by atoms with van der Waals surface area (Å²) in [4.78, 5) is 4.14. The second kappa shape index (κ2) is 4.04. The molecule has 1 aromatic heterocycles. The molecule has 0 aliphatic rings. The maximum atomic E-state index is 5.40. The van der Waals surface area contributed by atoms with Crippen molar-refractivity contribution in [3.8, 4) is 5.75 Å². The second-order valence-corrected chi connectivity index (χ2v) is 3.83. The van der Waals surface area contributed by atoms with Crippen molar-refractivity contribution in [2.24, 2.45) is 5.84 Å². The van der Waals surface area contributed by atoms with E-state index in [0.29, 0.717) is 5.82 Å². The molecule has 1 heterocycles. The molecule has 0 fully saturated rings. The number of ether oxygens (including phenoxy) is 1. The minimum absolute atomic E-state index is 0.623. The lowest BCUT2D eigenvalue weighted by molar-refractivity contribution is 0.420. The third-order valence-corrected chi connectivity index (χ3v) is 2.85. The summed E-state index contributed by atoms with van der Waals surface area (Å²) in [5.74, 6) is 6.82. The maximum Gasteiger partial charge on any atom is 0.149 e. The van der Waals surface area contributed by atoms with E-state index in [1.165, 1.54) is 0 Å². The quantitative estimate of drug-likeness (QED) is 0.648. The van der Waals surface area contributed by atoms with Gasteiger partial charge in [-0.05, 0) is 18.2 Å². The number of nitrogen functional groups attached to an aromatic ring is 1. The number of rotatable bonds is 2. The van der Waals surface area contributed by atoms with Crippen LogP contribution in [0.15, 0.2) is 28.9 Å². The van der Waals surface area contributed by atoms with Crippen LogP contribution in [0.5, 0.6) is 5.75 Å². The first-order valence-corrected chi connectivity index (χ1v) is 5.15. The lowest BCUT2D eigenvalue weighted by Gasteiger charge is -2.09. The Bertz CT molecular complexity index is 501. The number of nitrogens with one attached hydrogen (secondary N) is 1. The van der Waals surface area contributed by atoms with Crippen molar-refractivity contribution in [3.05, 3.63) is 28.9 Å². The molecule has 0 spiro atoms. The lowest BCUT2D eigenvalue weighted by Crippen LogP contribution is -2.09. The highest BCUT2D eigenvalue weighted by atomic mass is 79.9. The predicted molar refractivity (Wildman–Crippen MR) is 63.8 cm³/mol. The number of benzene rings is 1. The van der Waals surface area contributed by atoms with Crippen LogP contribution in [-0.2, 0) is 0 Å². The Balaban J connectivity index is 2.86. The highest BCUT2D eigenvalue weighted by molar-refractivity contribution is 9.10. The van der Waals surface area contributed by atoms with E-state index in [-0.39, 0.29) is 0 Å². The number of fused-ring (bicyclic) bond motifs is 1. The number of hydrogen-bond acceptors (Lipinski definition) is 4. The lowest BCUT2D eigenvalue weighted by atomic mass is 10.1. The van der Waals surface area contributed by atoms with Gasteiger partial charge in [0.25, 0.3) is 0 Å². The molecule has 4 nitrogen and oxygen atoms in total. The van der Waals surface area contributed by atoms with Crippen LogP contribution in [0.4, 0.5) is 5.82 Å². The third kappa shape index (κ3) is 1.64. The number of hydrogen-bond donors (Lipinski definition) is 2. The molecular formula is C10H10BrN3O. The van der Waals surface area contributed by atoms with Gasteiger partial charge in [-0.2, -0.15) is 0 Å². The molecule has 0 aliphatic carbocycles. The molecule has 0 aliphatic heterocycles. The molecule has 78 valence electrons. The molecule has 0 radical (unpaired) electrons. The van der Waals surface area contributed by atoms with Crippen molar-refractivity contribution in [1.82, 2.24) is 4.98 Å². The van der Waals surface area contributed by atoms with Crippen molar-refractivity contribution < 1.29 is 4.74 Å². The second-order valence-electron chi connectivity index (χ2n) is 2.98. The van der Waals surface area contributed by atoms with Gasteiger partial charge in [0.2, 0.25) is 0 Å². The Morgan fingerprint density at radius 3 is 2.87 bits per heavy atom. The molecule has 0 saturated heterocycles. The monoisotopic (exact) mass is 267 g/mol. The number of halogens is 1. The van der Waals surface area contributed by atoms with Gasteiger partial charge >= 0.3 is 0 Å². The van der Waals surface area contributed by atoms with Gasteiger partial charge in [0.1, 0.15) is 11.6 Å². The van der Waals surface area contributed by atoms with Crippen LogP contribution < -0.4 is 16.0 Å². The van der Waals surface area contributed by atoms with Gasteiger partial charge in [0.15, 0.2) is 0 Å². The van der Waals surface area contributed by atoms with Gasteiger partial charge in [0.05, 0.1) is 7.11 Å². The average Bonchev–Trinajstić information content (AvgIpc) is 2.29. The van der Waals surface area contributed by atoms with Gasteiger partial charge in [-0.1, -0.05) is 15.9 Å². The fraction of sp³-hybridized carbons (Fsp3) is 0.100. The number of pyridine rings is 1. The fourth-order valence-corrected chi connectivity index (χ4v) is 2.05. The largest absolute Gasteiger partial charge is 0.496 e. The number of nitrogens with zero attached hydrogens (tertiary/aromatic N) is 1. The molecule has 0 atom stereocenters. The summed E-state index contributed by atoms with van der Waals surface area (Å²) < 4.78 is 6.19. The molecule has 1 aromatic carbocycles. The summed E-state index contributed by atoms with van der Waals surface area (Å²) in [7, 11) is 1.64. The van der Waals surface area contributed by atoms with E-state index in [1.54, 1.807) is 13.3 Å². The van der Waals surface area contributed by atoms with Gasteiger partial charge in [-0.15, -0.1) is 0 Å². The molecule has 2 rings (SSSR count). The van der Waals surface area contributed by atoms with Crippen molar-refractivity contribution in [2.75, 3.05) is 12.5 Å². The Hall–Kier alpha value is -1.33. The maximum absolute atomic E-state index is 5.40. The van der Waals surface area contributed by atoms with Crippen LogP contribution in [0.3, 0.4) is 0 Å². The van der Waals surface area contributed by atoms with Crippen LogP contribution in [0, 0.1) is 0 Å². The summed E-state index contributed by atoms with van der Waals surface area (Å²) in [6.07, 6.45) is 1.69. The van der Waals surface area contributed by atoms with Gasteiger partial charge in [-0.3, -0.25) is 0 Å². The van der Waals surface area contributed by atoms with Crippen LogP contribution >= 0.6 is 15.9 Å². The molecule has 5 heteroatoms. The number of nitrogens with two attached hydrogens (primary N) is 1. The van der Waals surface area contributed by atoms with E-state index in [0.717, 1.165) is 21.0 Å². The number of anilines is 1. The predicted octanol–water partition coefficient (Wildman–Crippen LogP) is 2.29. The zero-order valence-corrected chi connectivity index (χ0v) is 9.71. The average molecular weight is 268 g/mol. The zero-order valence-electron chi connectivity index (χ0n) is 8.12. The zero-order chi connectivity index (χ0) is 10.8. The van der Waals surface area contributed by atoms with Crippen molar-refractivity contribution in [2.45, 2.75) is 0 Å². The first kappa shape index (κ1) is 10.2. The van der Waals surface area contributed by atoms with E-state index in [1.807, 2.05) is 18.2 Å². The summed E-state index contributed by atoms with van der Waals surface area (Å²) in [6.45, 7) is 0. The van der Waals surface area contributed by atoms with Crippen LogP contribution in [0.2, 0.25) is 0 Å². The SMILES string of the molecule is COc1ccc(Br)c2c(NN)nccc12. The topological polar surface area (TPSA) is 60.2 Å². The van der Waals surface area contributed by atoms with Gasteiger partial charge < -0.3 is 10.2 Å². The standard InChI is InChI=1S/C10H10BrN3O/c1-15-8-3-2-7(11)9-6(8)4-5-13-10(9)14-12/h2-5H,12H2,1H3,(H,13,14). The van der Waals surface area contributed by atoms with E-state index in [9.17, 15) is 0 Å². The smallest absolute Gasteiger partial charge is 0.149 e. The number of hydrazine groups is 1. The molecular weight excluding hydrogens is 258 g/mol. The molecule has 0 bridgehead atoms. The fourth-order valence-electron chi connectivity index (χ4n) is 1.52.